The molecule has 0 atom stereocenters. The van der Waals surface area contributed by atoms with Crippen molar-refractivity contribution in [1.29, 1.82) is 0 Å². The fourth-order valence-electron chi connectivity index (χ4n) is 2.70. The molecule has 2 aliphatic carbocycles. The van der Waals surface area contributed by atoms with Gasteiger partial charge in [0.2, 0.25) is 5.91 Å². The van der Waals surface area contributed by atoms with Gasteiger partial charge < -0.3 is 5.32 Å². The van der Waals surface area contributed by atoms with Gasteiger partial charge in [-0.1, -0.05) is 40.2 Å². The number of fused-ring (bicyclic) bond motifs is 1. The Balaban J connectivity index is 1.56. The third-order valence-corrected chi connectivity index (χ3v) is 5.49. The minimum atomic E-state index is 0.147. The summed E-state index contributed by atoms with van der Waals surface area (Å²) in [4.78, 5) is 12.2. The summed E-state index contributed by atoms with van der Waals surface area (Å²) in [5, 5.41) is 4.15. The molecule has 0 aliphatic heterocycles. The van der Waals surface area contributed by atoms with Gasteiger partial charge in [0.25, 0.3) is 0 Å². The van der Waals surface area contributed by atoms with Crippen molar-refractivity contribution in [2.24, 2.45) is 11.3 Å². The Morgan fingerprint density at radius 1 is 1.28 bits per heavy atom. The van der Waals surface area contributed by atoms with Crippen LogP contribution >= 0.6 is 15.9 Å². The quantitative estimate of drug-likeness (QED) is 0.851. The second-order valence-electron chi connectivity index (χ2n) is 5.73. The van der Waals surface area contributed by atoms with Gasteiger partial charge >= 0.3 is 0 Å². The van der Waals surface area contributed by atoms with E-state index in [2.05, 4.69) is 45.5 Å². The first-order chi connectivity index (χ1) is 8.72. The molecule has 96 valence electrons. The molecule has 0 spiro atoms. The van der Waals surface area contributed by atoms with Crippen LogP contribution in [0.1, 0.15) is 24.0 Å². The van der Waals surface area contributed by atoms with Gasteiger partial charge in [0, 0.05) is 17.8 Å². The summed E-state index contributed by atoms with van der Waals surface area (Å²) in [6.07, 6.45) is 4.29. The molecule has 0 radical (unpaired) electrons. The predicted molar refractivity (Wildman–Crippen MR) is 75.8 cm³/mol. The first kappa shape index (κ1) is 12.2. The molecule has 2 aliphatic rings. The molecule has 3 heteroatoms. The molecule has 1 N–H and O–H groups in total. The maximum absolute atomic E-state index is 12.2. The van der Waals surface area contributed by atoms with E-state index in [1.165, 1.54) is 24.0 Å². The summed E-state index contributed by atoms with van der Waals surface area (Å²) in [5.41, 5.74) is 3.06. The Morgan fingerprint density at radius 3 is 2.39 bits per heavy atom. The molecule has 1 aromatic carbocycles. The summed E-state index contributed by atoms with van der Waals surface area (Å²) >= 11 is 3.54. The zero-order valence-electron chi connectivity index (χ0n) is 10.4. The molecule has 0 saturated heterocycles. The average molecular weight is 308 g/mol. The molecule has 1 fully saturated rings. The van der Waals surface area contributed by atoms with Crippen molar-refractivity contribution in [1.82, 2.24) is 5.32 Å². The van der Waals surface area contributed by atoms with Gasteiger partial charge in [-0.3, -0.25) is 4.79 Å². The van der Waals surface area contributed by atoms with Crippen molar-refractivity contribution in [3.63, 3.8) is 0 Å². The highest BCUT2D eigenvalue weighted by Gasteiger charge is 2.42. The van der Waals surface area contributed by atoms with Gasteiger partial charge in [0.05, 0.1) is 0 Å². The number of benzene rings is 1. The van der Waals surface area contributed by atoms with Gasteiger partial charge in [-0.15, -0.1) is 0 Å². The summed E-state index contributed by atoms with van der Waals surface area (Å²) in [6, 6.07) is 8.40. The number of nitrogens with one attached hydrogen (secondary N) is 1. The summed E-state index contributed by atoms with van der Waals surface area (Å²) in [5.74, 6) is 0.381. The molecule has 1 saturated carbocycles. The molecular weight excluding hydrogens is 290 g/mol. The number of rotatable bonds is 4. The number of hydrogen-bond donors (Lipinski definition) is 1. The highest BCUT2D eigenvalue weighted by atomic mass is 79.9. The summed E-state index contributed by atoms with van der Waals surface area (Å²) in [7, 11) is 0. The van der Waals surface area contributed by atoms with E-state index in [0.717, 1.165) is 24.7 Å². The van der Waals surface area contributed by atoms with E-state index < -0.39 is 0 Å². The van der Waals surface area contributed by atoms with Crippen molar-refractivity contribution in [3.8, 4) is 0 Å². The number of alkyl halides is 1. The van der Waals surface area contributed by atoms with Gasteiger partial charge in [-0.05, 0) is 42.2 Å². The Morgan fingerprint density at radius 2 is 1.89 bits per heavy atom. The van der Waals surface area contributed by atoms with E-state index in [9.17, 15) is 4.79 Å². The SMILES string of the molecule is O=C(NCC1(CBr)CC1)C1Cc2ccccc2C1. The fourth-order valence-corrected chi connectivity index (χ4v) is 3.46. The van der Waals surface area contributed by atoms with Gasteiger partial charge in [-0.25, -0.2) is 0 Å². The van der Waals surface area contributed by atoms with Crippen LogP contribution in [-0.4, -0.2) is 17.8 Å². The van der Waals surface area contributed by atoms with E-state index in [1.54, 1.807) is 0 Å². The lowest BCUT2D eigenvalue weighted by atomic mass is 10.0. The molecule has 2 nitrogen and oxygen atoms in total. The molecule has 3 rings (SSSR count). The lowest BCUT2D eigenvalue weighted by Gasteiger charge is -2.15. The second kappa shape index (κ2) is 4.69. The third-order valence-electron chi connectivity index (χ3n) is 4.30. The maximum Gasteiger partial charge on any atom is 0.223 e. The van der Waals surface area contributed by atoms with Crippen LogP contribution in [0, 0.1) is 11.3 Å². The highest BCUT2D eigenvalue weighted by molar-refractivity contribution is 9.09. The van der Waals surface area contributed by atoms with E-state index in [0.29, 0.717) is 5.41 Å². The molecule has 1 amide bonds. The largest absolute Gasteiger partial charge is 0.355 e. The number of carbonyl (C=O) groups is 1. The van der Waals surface area contributed by atoms with Crippen molar-refractivity contribution < 1.29 is 4.79 Å². The molecule has 0 heterocycles. The third kappa shape index (κ3) is 2.33. The van der Waals surface area contributed by atoms with Gasteiger partial charge in [0.1, 0.15) is 0 Å². The Hall–Kier alpha value is -0.830. The van der Waals surface area contributed by atoms with Crippen LogP contribution in [0.3, 0.4) is 0 Å². The van der Waals surface area contributed by atoms with Crippen LogP contribution in [0.2, 0.25) is 0 Å². The van der Waals surface area contributed by atoms with E-state index in [-0.39, 0.29) is 11.8 Å². The van der Waals surface area contributed by atoms with Crippen LogP contribution < -0.4 is 5.32 Å². The topological polar surface area (TPSA) is 29.1 Å². The molecule has 0 bridgehead atoms. The smallest absolute Gasteiger partial charge is 0.223 e. The van der Waals surface area contributed by atoms with E-state index in [1.807, 2.05) is 0 Å². The molecule has 18 heavy (non-hydrogen) atoms. The zero-order valence-corrected chi connectivity index (χ0v) is 12.0. The predicted octanol–water partition coefficient (Wildman–Crippen LogP) is 2.69. The Bertz CT molecular complexity index is 442. The van der Waals surface area contributed by atoms with Crippen LogP contribution in [-0.2, 0) is 17.6 Å². The standard InChI is InChI=1S/C15H18BrNO/c16-9-15(5-6-15)10-17-14(18)13-7-11-3-1-2-4-12(11)8-13/h1-4,13H,5-10H2,(H,17,18). The molecule has 1 aromatic rings. The van der Waals surface area contributed by atoms with Crippen LogP contribution in [0.5, 0.6) is 0 Å². The first-order valence-corrected chi connectivity index (χ1v) is 7.75. The average Bonchev–Trinajstić information content (AvgIpc) is 3.05. The number of amides is 1. The first-order valence-electron chi connectivity index (χ1n) is 6.63. The van der Waals surface area contributed by atoms with E-state index in [4.69, 9.17) is 0 Å². The van der Waals surface area contributed by atoms with Gasteiger partial charge in [0.15, 0.2) is 0 Å². The normalized spacial score (nSPS) is 20.5. The molecule has 0 unspecified atom stereocenters. The summed E-state index contributed by atoms with van der Waals surface area (Å²) < 4.78 is 0. The minimum Gasteiger partial charge on any atom is -0.355 e. The monoisotopic (exact) mass is 307 g/mol. The van der Waals surface area contributed by atoms with Crippen molar-refractivity contribution >= 4 is 21.8 Å². The maximum atomic E-state index is 12.2. The van der Waals surface area contributed by atoms with Crippen molar-refractivity contribution in [3.05, 3.63) is 35.4 Å². The highest BCUT2D eigenvalue weighted by Crippen LogP contribution is 2.46. The lowest BCUT2D eigenvalue weighted by Crippen LogP contribution is -2.35. The number of hydrogen-bond acceptors (Lipinski definition) is 1. The van der Waals surface area contributed by atoms with Crippen LogP contribution in [0.25, 0.3) is 0 Å². The van der Waals surface area contributed by atoms with Crippen molar-refractivity contribution in [2.45, 2.75) is 25.7 Å². The second-order valence-corrected chi connectivity index (χ2v) is 6.29. The number of carbonyl (C=O) groups excluding carboxylic acids is 1. The van der Waals surface area contributed by atoms with Crippen molar-refractivity contribution in [2.75, 3.05) is 11.9 Å². The van der Waals surface area contributed by atoms with Gasteiger partial charge in [-0.2, -0.15) is 0 Å². The Kier molecular flexibility index (Phi) is 3.18. The molecule has 0 aromatic heterocycles. The lowest BCUT2D eigenvalue weighted by molar-refractivity contribution is -0.124. The number of halogens is 1. The van der Waals surface area contributed by atoms with Crippen LogP contribution in [0.4, 0.5) is 0 Å². The van der Waals surface area contributed by atoms with E-state index >= 15 is 0 Å². The Labute approximate surface area is 116 Å². The fraction of sp³-hybridized carbons (Fsp3) is 0.533. The van der Waals surface area contributed by atoms with Crippen LogP contribution in [0.15, 0.2) is 24.3 Å². The zero-order chi connectivity index (χ0) is 12.6. The summed E-state index contributed by atoms with van der Waals surface area (Å²) in [6.45, 7) is 0.837. The molecular formula is C15H18BrNO. The minimum absolute atomic E-state index is 0.147.